The molecule has 5 nitrogen and oxygen atoms in total. The van der Waals surface area contributed by atoms with E-state index in [0.29, 0.717) is 6.42 Å². The van der Waals surface area contributed by atoms with Crippen LogP contribution >= 0.6 is 23.5 Å². The van der Waals surface area contributed by atoms with E-state index in [0.717, 1.165) is 34.6 Å². The highest BCUT2D eigenvalue weighted by atomic mass is 32.2. The summed E-state index contributed by atoms with van der Waals surface area (Å²) in [5.41, 5.74) is 3.38. The van der Waals surface area contributed by atoms with Crippen molar-refractivity contribution in [2.75, 3.05) is 17.3 Å². The maximum Gasteiger partial charge on any atom is 0.313 e. The minimum atomic E-state index is -0.818. The Balaban J connectivity index is 1.86. The molecule has 1 aliphatic carbocycles. The first-order valence-electron chi connectivity index (χ1n) is 9.81. The van der Waals surface area contributed by atoms with Gasteiger partial charge >= 0.3 is 5.97 Å². The van der Waals surface area contributed by atoms with Crippen LogP contribution in [-0.2, 0) is 16.0 Å². The van der Waals surface area contributed by atoms with Gasteiger partial charge in [0.1, 0.15) is 5.78 Å². The van der Waals surface area contributed by atoms with E-state index in [4.69, 9.17) is 5.11 Å². The molecule has 4 atom stereocenters. The van der Waals surface area contributed by atoms with Crippen LogP contribution in [-0.4, -0.2) is 61.8 Å². The molecule has 1 aromatic rings. The molecule has 0 aliphatic heterocycles. The van der Waals surface area contributed by atoms with Crippen LogP contribution in [0.4, 0.5) is 0 Å². The third-order valence-corrected chi connectivity index (χ3v) is 7.25. The zero-order valence-corrected chi connectivity index (χ0v) is 18.5. The van der Waals surface area contributed by atoms with Gasteiger partial charge in [0.2, 0.25) is 0 Å². The molecule has 1 aliphatic rings. The highest BCUT2D eigenvalue weighted by Gasteiger charge is 2.40. The van der Waals surface area contributed by atoms with Gasteiger partial charge in [0.05, 0.1) is 23.2 Å². The summed E-state index contributed by atoms with van der Waals surface area (Å²) in [4.78, 5) is 22.8. The molecule has 0 radical (unpaired) electrons. The quantitative estimate of drug-likeness (QED) is 0.361. The highest BCUT2D eigenvalue weighted by molar-refractivity contribution is 8.01. The summed E-state index contributed by atoms with van der Waals surface area (Å²) < 4.78 is 0. The van der Waals surface area contributed by atoms with Gasteiger partial charge in [-0.25, -0.2) is 0 Å². The topological polar surface area (TPSA) is 94.8 Å². The lowest BCUT2D eigenvalue weighted by Gasteiger charge is -2.18. The van der Waals surface area contributed by atoms with E-state index in [1.54, 1.807) is 12.2 Å². The molecule has 1 saturated carbocycles. The number of rotatable bonds is 11. The zero-order chi connectivity index (χ0) is 21.4. The molecular weight excluding hydrogens is 408 g/mol. The first kappa shape index (κ1) is 24.0. The largest absolute Gasteiger partial charge is 0.481 e. The van der Waals surface area contributed by atoms with Crippen molar-refractivity contribution in [1.29, 1.82) is 0 Å². The minimum absolute atomic E-state index is 0.0409. The molecule has 7 heteroatoms. The smallest absolute Gasteiger partial charge is 0.313 e. The molecule has 3 unspecified atom stereocenters. The van der Waals surface area contributed by atoms with Gasteiger partial charge in [0.15, 0.2) is 0 Å². The molecule has 0 aromatic heterocycles. The van der Waals surface area contributed by atoms with Crippen LogP contribution in [0.5, 0.6) is 0 Å². The number of Topliss-reactive ketones (excluding diaryl/α,β-unsaturated/α-hetero) is 1. The highest BCUT2D eigenvalue weighted by Crippen LogP contribution is 2.34. The Morgan fingerprint density at radius 3 is 2.59 bits per heavy atom. The summed E-state index contributed by atoms with van der Waals surface area (Å²) >= 11 is 2.89. The van der Waals surface area contributed by atoms with Crippen molar-refractivity contribution < 1.29 is 24.9 Å². The summed E-state index contributed by atoms with van der Waals surface area (Å²) in [5.74, 6) is 0.493. The molecular formula is C22H30O5S2. The molecule has 29 heavy (non-hydrogen) atoms. The molecule has 1 fully saturated rings. The second kappa shape index (κ2) is 11.8. The molecule has 3 N–H and O–H groups in total. The molecule has 0 bridgehead atoms. The molecule has 2 rings (SSSR count). The Hall–Kier alpha value is -1.28. The van der Waals surface area contributed by atoms with E-state index < -0.39 is 18.2 Å². The molecule has 0 saturated heterocycles. The summed E-state index contributed by atoms with van der Waals surface area (Å²) in [6, 6.07) is 6.20. The van der Waals surface area contributed by atoms with Gasteiger partial charge in [-0.2, -0.15) is 11.8 Å². The number of benzene rings is 1. The van der Waals surface area contributed by atoms with Gasteiger partial charge in [0.25, 0.3) is 0 Å². The summed E-state index contributed by atoms with van der Waals surface area (Å²) in [5, 5.41) is 29.0. The van der Waals surface area contributed by atoms with Crippen molar-refractivity contribution in [3.63, 3.8) is 0 Å². The lowest BCUT2D eigenvalue weighted by Crippen LogP contribution is -2.22. The lowest BCUT2D eigenvalue weighted by molar-refractivity contribution is -0.133. The van der Waals surface area contributed by atoms with E-state index >= 15 is 0 Å². The fourth-order valence-electron chi connectivity index (χ4n) is 3.59. The predicted molar refractivity (Wildman–Crippen MR) is 120 cm³/mol. The average Bonchev–Trinajstić information content (AvgIpc) is 2.88. The van der Waals surface area contributed by atoms with E-state index in [2.05, 4.69) is 18.2 Å². The Labute approximate surface area is 181 Å². The number of ketones is 1. The Morgan fingerprint density at radius 1 is 1.24 bits per heavy atom. The van der Waals surface area contributed by atoms with E-state index in [1.165, 1.54) is 23.5 Å². The molecule has 0 heterocycles. The average molecular weight is 439 g/mol. The van der Waals surface area contributed by atoms with Crippen molar-refractivity contribution in [3.8, 4) is 0 Å². The number of aryl methyl sites for hydroxylation is 2. The normalized spacial score (nSPS) is 23.0. The number of hydrogen-bond donors (Lipinski definition) is 3. The molecule has 0 amide bonds. The lowest BCUT2D eigenvalue weighted by atomic mass is 10.00. The number of thioether (sulfide) groups is 2. The SMILES string of the molecule is Cc1cc(C)cc(CC(O)C=C[C@H]2C(O)CC(=O)C2SCCCSCC(=O)O)c1. The van der Waals surface area contributed by atoms with Crippen molar-refractivity contribution >= 4 is 35.3 Å². The van der Waals surface area contributed by atoms with Crippen LogP contribution in [0.25, 0.3) is 0 Å². The third-order valence-electron chi connectivity index (χ3n) is 4.76. The second-order valence-corrected chi connectivity index (χ2v) is 9.91. The fraction of sp³-hybridized carbons (Fsp3) is 0.545. The minimum Gasteiger partial charge on any atom is -0.481 e. The summed E-state index contributed by atoms with van der Waals surface area (Å²) in [7, 11) is 0. The van der Waals surface area contributed by atoms with Gasteiger partial charge in [-0.3, -0.25) is 9.59 Å². The number of aliphatic hydroxyl groups is 2. The maximum atomic E-state index is 12.3. The van der Waals surface area contributed by atoms with E-state index in [9.17, 15) is 19.8 Å². The molecule has 160 valence electrons. The number of aliphatic carboxylic acids is 1. The monoisotopic (exact) mass is 438 g/mol. The fourth-order valence-corrected chi connectivity index (χ4v) is 5.78. The number of aliphatic hydroxyl groups excluding tert-OH is 2. The van der Waals surface area contributed by atoms with Crippen molar-refractivity contribution in [1.82, 2.24) is 0 Å². The van der Waals surface area contributed by atoms with Crippen molar-refractivity contribution in [3.05, 3.63) is 47.0 Å². The van der Waals surface area contributed by atoms with Gasteiger partial charge in [-0.1, -0.05) is 41.5 Å². The van der Waals surface area contributed by atoms with Crippen molar-refractivity contribution in [2.45, 2.75) is 50.6 Å². The van der Waals surface area contributed by atoms with Crippen LogP contribution in [0.1, 0.15) is 29.5 Å². The van der Waals surface area contributed by atoms with E-state index in [-0.39, 0.29) is 29.1 Å². The predicted octanol–water partition coefficient (Wildman–Crippen LogP) is 3.02. The van der Waals surface area contributed by atoms with Crippen LogP contribution < -0.4 is 0 Å². The van der Waals surface area contributed by atoms with Crippen LogP contribution in [0.15, 0.2) is 30.4 Å². The maximum absolute atomic E-state index is 12.3. The number of carboxylic acids is 1. The van der Waals surface area contributed by atoms with Crippen LogP contribution in [0.3, 0.4) is 0 Å². The van der Waals surface area contributed by atoms with Gasteiger partial charge in [-0.15, -0.1) is 11.8 Å². The summed E-state index contributed by atoms with van der Waals surface area (Å²) in [6.45, 7) is 4.06. The zero-order valence-electron chi connectivity index (χ0n) is 16.9. The number of carbonyl (C=O) groups is 2. The number of carbonyl (C=O) groups excluding carboxylic acids is 1. The van der Waals surface area contributed by atoms with Crippen LogP contribution in [0.2, 0.25) is 0 Å². The summed E-state index contributed by atoms with van der Waals surface area (Å²) in [6.07, 6.45) is 3.55. The third kappa shape index (κ3) is 8.16. The first-order chi connectivity index (χ1) is 13.8. The molecule has 1 aromatic carbocycles. The van der Waals surface area contributed by atoms with Gasteiger partial charge in [-0.05, 0) is 37.3 Å². The Bertz CT molecular complexity index is 714. The Morgan fingerprint density at radius 2 is 1.93 bits per heavy atom. The standard InChI is InChI=1S/C22H30O5S2/c1-14-8-15(2)10-16(9-14)11-17(23)4-5-18-19(24)12-20(25)22(18)29-7-3-6-28-13-21(26)27/h4-5,8-10,17-19,22-24H,3,6-7,11-13H2,1-2H3,(H,26,27)/t17?,18-,19?,22?/m0/s1. The Kier molecular flexibility index (Phi) is 9.75. The van der Waals surface area contributed by atoms with E-state index in [1.807, 2.05) is 13.8 Å². The van der Waals surface area contributed by atoms with Gasteiger partial charge in [0, 0.05) is 18.8 Å². The van der Waals surface area contributed by atoms with Gasteiger partial charge < -0.3 is 15.3 Å². The van der Waals surface area contributed by atoms with Crippen LogP contribution in [0, 0.1) is 19.8 Å². The molecule has 0 spiro atoms. The number of hydrogen-bond acceptors (Lipinski definition) is 6. The first-order valence-corrected chi connectivity index (χ1v) is 12.0. The van der Waals surface area contributed by atoms with Crippen molar-refractivity contribution in [2.24, 2.45) is 5.92 Å². The number of carboxylic acid groups (broad SMARTS) is 1. The second-order valence-electron chi connectivity index (χ2n) is 7.56.